The molecule has 0 atom stereocenters. The molecule has 1 heterocycles. The van der Waals surface area contributed by atoms with Crippen LogP contribution < -0.4 is 5.73 Å². The van der Waals surface area contributed by atoms with Crippen molar-refractivity contribution >= 4 is 0 Å². The number of hydrogen-bond acceptors (Lipinski definition) is 4. The zero-order chi connectivity index (χ0) is 17.5. The molecule has 126 valence electrons. The average Bonchev–Trinajstić information content (AvgIpc) is 2.61. The third-order valence-corrected chi connectivity index (χ3v) is 4.93. The first-order chi connectivity index (χ1) is 12.0. The summed E-state index contributed by atoms with van der Waals surface area (Å²) in [7, 11) is 0. The van der Waals surface area contributed by atoms with E-state index in [0.29, 0.717) is 12.8 Å². The summed E-state index contributed by atoms with van der Waals surface area (Å²) in [5, 5.41) is 18.4. The molecule has 0 bridgehead atoms. The third-order valence-electron chi connectivity index (χ3n) is 4.93. The van der Waals surface area contributed by atoms with Gasteiger partial charge in [0, 0.05) is 16.7 Å². The number of nitrogens with two attached hydrogens (primary N) is 1. The number of aliphatic hydroxyl groups is 1. The van der Waals surface area contributed by atoms with Crippen LogP contribution in [0, 0.1) is 0 Å². The highest BCUT2D eigenvalue weighted by atomic mass is 16.3. The molecule has 1 aliphatic rings. The predicted octanol–water partition coefficient (Wildman–Crippen LogP) is 3.51. The number of rotatable bonds is 3. The van der Waals surface area contributed by atoms with Crippen LogP contribution in [0.5, 0.6) is 0 Å². The highest BCUT2D eigenvalue weighted by Gasteiger charge is 2.49. The van der Waals surface area contributed by atoms with Crippen molar-refractivity contribution in [2.45, 2.75) is 30.9 Å². The zero-order valence-corrected chi connectivity index (χ0v) is 14.2. The maximum absolute atomic E-state index is 10.0. The Hall–Kier alpha value is -2.56. The quantitative estimate of drug-likeness (QED) is 0.770. The van der Waals surface area contributed by atoms with E-state index in [9.17, 15) is 5.11 Å². The first-order valence-electron chi connectivity index (χ1n) is 8.46. The predicted molar refractivity (Wildman–Crippen MR) is 98.6 cm³/mol. The Kier molecular flexibility index (Phi) is 3.67. The molecule has 0 unspecified atom stereocenters. The Morgan fingerprint density at radius 2 is 1.60 bits per heavy atom. The average molecular weight is 331 g/mol. The largest absolute Gasteiger partial charge is 0.390 e. The summed E-state index contributed by atoms with van der Waals surface area (Å²) in [5.41, 5.74) is 10.4. The van der Waals surface area contributed by atoms with Crippen molar-refractivity contribution in [3.63, 3.8) is 0 Å². The highest BCUT2D eigenvalue weighted by Crippen LogP contribution is 2.46. The van der Waals surface area contributed by atoms with E-state index in [1.54, 1.807) is 6.20 Å². The van der Waals surface area contributed by atoms with E-state index in [1.807, 2.05) is 55.5 Å². The first-order valence-corrected chi connectivity index (χ1v) is 8.46. The zero-order valence-electron chi connectivity index (χ0n) is 14.2. The van der Waals surface area contributed by atoms with Gasteiger partial charge in [-0.3, -0.25) is 0 Å². The van der Waals surface area contributed by atoms with E-state index in [0.717, 1.165) is 27.9 Å². The minimum atomic E-state index is -0.654. The molecule has 3 N–H and O–H groups in total. The van der Waals surface area contributed by atoms with Crippen LogP contribution in [0.15, 0.2) is 66.9 Å². The van der Waals surface area contributed by atoms with Gasteiger partial charge in [-0.2, -0.15) is 5.10 Å². The van der Waals surface area contributed by atoms with Crippen molar-refractivity contribution in [1.82, 2.24) is 10.2 Å². The Labute approximate surface area is 147 Å². The topological polar surface area (TPSA) is 72.0 Å². The summed E-state index contributed by atoms with van der Waals surface area (Å²) in [6.07, 6.45) is 2.88. The number of aromatic nitrogens is 2. The minimum Gasteiger partial charge on any atom is -0.390 e. The van der Waals surface area contributed by atoms with Gasteiger partial charge >= 0.3 is 0 Å². The van der Waals surface area contributed by atoms with E-state index < -0.39 is 11.1 Å². The van der Waals surface area contributed by atoms with Crippen molar-refractivity contribution in [3.8, 4) is 22.4 Å². The van der Waals surface area contributed by atoms with Gasteiger partial charge in [0.15, 0.2) is 0 Å². The number of nitrogens with zero attached hydrogens (tertiary/aromatic N) is 2. The SMILES string of the molecule is CC1(O)CC(N)(c2ccc(-c3nnccc3-c3ccccc3)cc2)C1. The van der Waals surface area contributed by atoms with Gasteiger partial charge in [-0.05, 0) is 37.0 Å². The van der Waals surface area contributed by atoms with Crippen LogP contribution in [0.25, 0.3) is 22.4 Å². The van der Waals surface area contributed by atoms with Gasteiger partial charge in [0.2, 0.25) is 0 Å². The highest BCUT2D eigenvalue weighted by molar-refractivity contribution is 5.80. The van der Waals surface area contributed by atoms with Crippen molar-refractivity contribution in [1.29, 1.82) is 0 Å². The molecule has 1 aromatic heterocycles. The normalized spacial score (nSPS) is 25.4. The molecule has 1 saturated carbocycles. The van der Waals surface area contributed by atoms with Crippen LogP contribution in [0.1, 0.15) is 25.3 Å². The third kappa shape index (κ3) is 2.95. The fourth-order valence-corrected chi connectivity index (χ4v) is 3.87. The molecule has 4 rings (SSSR count). The van der Waals surface area contributed by atoms with Gasteiger partial charge in [0.05, 0.1) is 11.8 Å². The smallest absolute Gasteiger partial charge is 0.101 e. The lowest BCUT2D eigenvalue weighted by Gasteiger charge is -2.49. The standard InChI is InChI=1S/C21H21N3O/c1-20(25)13-21(22,14-20)17-9-7-16(8-10-17)19-18(11-12-23-24-19)15-5-3-2-4-6-15/h2-12,25H,13-14,22H2,1H3. The summed E-state index contributed by atoms with van der Waals surface area (Å²) >= 11 is 0. The minimum absolute atomic E-state index is 0.438. The molecule has 0 saturated heterocycles. The second-order valence-electron chi connectivity index (χ2n) is 7.24. The van der Waals surface area contributed by atoms with Crippen LogP contribution in [-0.4, -0.2) is 20.9 Å². The summed E-state index contributed by atoms with van der Waals surface area (Å²) in [6, 6.07) is 20.3. The maximum Gasteiger partial charge on any atom is 0.101 e. The summed E-state index contributed by atoms with van der Waals surface area (Å²) in [6.45, 7) is 1.83. The fourth-order valence-electron chi connectivity index (χ4n) is 3.87. The van der Waals surface area contributed by atoms with E-state index in [4.69, 9.17) is 5.73 Å². The van der Waals surface area contributed by atoms with Crippen molar-refractivity contribution in [3.05, 3.63) is 72.4 Å². The van der Waals surface area contributed by atoms with Crippen LogP contribution in [-0.2, 0) is 5.54 Å². The Bertz CT molecular complexity index is 881. The van der Waals surface area contributed by atoms with Gasteiger partial charge in [0.25, 0.3) is 0 Å². The van der Waals surface area contributed by atoms with E-state index in [1.165, 1.54) is 0 Å². The van der Waals surface area contributed by atoms with Crippen molar-refractivity contribution in [2.75, 3.05) is 0 Å². The van der Waals surface area contributed by atoms with E-state index in [2.05, 4.69) is 22.3 Å². The van der Waals surface area contributed by atoms with Crippen LogP contribution in [0.4, 0.5) is 0 Å². The van der Waals surface area contributed by atoms with Crippen LogP contribution in [0.3, 0.4) is 0 Å². The molecular weight excluding hydrogens is 310 g/mol. The Morgan fingerprint density at radius 1 is 0.920 bits per heavy atom. The molecular formula is C21H21N3O. The van der Waals surface area contributed by atoms with Gasteiger partial charge in [-0.25, -0.2) is 0 Å². The summed E-state index contributed by atoms with van der Waals surface area (Å²) in [5.74, 6) is 0. The molecule has 0 amide bonds. The summed E-state index contributed by atoms with van der Waals surface area (Å²) < 4.78 is 0. The number of hydrogen-bond donors (Lipinski definition) is 2. The van der Waals surface area contributed by atoms with Crippen LogP contribution in [0.2, 0.25) is 0 Å². The van der Waals surface area contributed by atoms with Gasteiger partial charge in [0.1, 0.15) is 5.69 Å². The maximum atomic E-state index is 10.0. The lowest BCUT2D eigenvalue weighted by atomic mass is 9.63. The molecule has 4 nitrogen and oxygen atoms in total. The molecule has 4 heteroatoms. The molecule has 3 aromatic rings. The van der Waals surface area contributed by atoms with Gasteiger partial charge in [-0.1, -0.05) is 54.6 Å². The molecule has 25 heavy (non-hydrogen) atoms. The van der Waals surface area contributed by atoms with E-state index >= 15 is 0 Å². The monoisotopic (exact) mass is 331 g/mol. The lowest BCUT2D eigenvalue weighted by molar-refractivity contribution is -0.0738. The van der Waals surface area contributed by atoms with Crippen molar-refractivity contribution in [2.24, 2.45) is 5.73 Å². The second kappa shape index (κ2) is 5.76. The van der Waals surface area contributed by atoms with Gasteiger partial charge in [-0.15, -0.1) is 5.10 Å². The molecule has 0 aliphatic heterocycles. The lowest BCUT2D eigenvalue weighted by Crippen LogP contribution is -2.58. The van der Waals surface area contributed by atoms with Crippen LogP contribution >= 0.6 is 0 Å². The van der Waals surface area contributed by atoms with E-state index in [-0.39, 0.29) is 0 Å². The molecule has 2 aromatic carbocycles. The molecule has 1 fully saturated rings. The second-order valence-corrected chi connectivity index (χ2v) is 7.24. The van der Waals surface area contributed by atoms with Gasteiger partial charge < -0.3 is 10.8 Å². The first kappa shape index (κ1) is 15.9. The molecule has 1 aliphatic carbocycles. The number of benzene rings is 2. The Balaban J connectivity index is 1.68. The molecule has 0 radical (unpaired) electrons. The van der Waals surface area contributed by atoms with Crippen molar-refractivity contribution < 1.29 is 5.11 Å². The fraction of sp³-hybridized carbons (Fsp3) is 0.238. The summed E-state index contributed by atoms with van der Waals surface area (Å²) in [4.78, 5) is 0. The Morgan fingerprint density at radius 3 is 2.24 bits per heavy atom. The molecule has 0 spiro atoms.